The summed E-state index contributed by atoms with van der Waals surface area (Å²) in [6.07, 6.45) is -3.39. The molecule has 0 aliphatic rings. The van der Waals surface area contributed by atoms with Crippen molar-refractivity contribution in [3.8, 4) is 0 Å². The van der Waals surface area contributed by atoms with Crippen LogP contribution in [-0.2, 0) is 17.5 Å². The zero-order valence-electron chi connectivity index (χ0n) is 12.4. The van der Waals surface area contributed by atoms with E-state index in [0.717, 1.165) is 12.1 Å². The van der Waals surface area contributed by atoms with Crippen LogP contribution < -0.4 is 22.1 Å². The molecule has 0 fully saturated rings. The molecule has 6 N–H and O–H groups in total. The molecule has 0 saturated carbocycles. The fourth-order valence-corrected chi connectivity index (χ4v) is 1.89. The summed E-state index contributed by atoms with van der Waals surface area (Å²) in [7, 11) is 0. The lowest BCUT2D eigenvalue weighted by Crippen LogP contribution is -2.30. The molecule has 0 bridgehead atoms. The van der Waals surface area contributed by atoms with Gasteiger partial charge >= 0.3 is 12.2 Å². The van der Waals surface area contributed by atoms with E-state index in [2.05, 4.69) is 10.6 Å². The Kier molecular flexibility index (Phi) is 6.83. The van der Waals surface area contributed by atoms with Crippen molar-refractivity contribution in [3.63, 3.8) is 0 Å². The number of rotatable bonds is 7. The highest BCUT2D eigenvalue weighted by atomic mass is 19.4. The van der Waals surface area contributed by atoms with Gasteiger partial charge in [0.25, 0.3) is 0 Å². The van der Waals surface area contributed by atoms with Crippen LogP contribution in [0.3, 0.4) is 0 Å². The van der Waals surface area contributed by atoms with Gasteiger partial charge in [0.1, 0.15) is 0 Å². The number of carbonyl (C=O) groups excluding carboxylic acids is 2. The summed E-state index contributed by atoms with van der Waals surface area (Å²) in [6, 6.07) is 2.58. The lowest BCUT2D eigenvalue weighted by Gasteiger charge is -2.12. The highest BCUT2D eigenvalue weighted by Gasteiger charge is 2.31. The van der Waals surface area contributed by atoms with E-state index < -0.39 is 23.7 Å². The average molecular weight is 332 g/mol. The van der Waals surface area contributed by atoms with Crippen LogP contribution in [0.1, 0.15) is 30.4 Å². The summed E-state index contributed by atoms with van der Waals surface area (Å²) >= 11 is 0. The normalized spacial score (nSPS) is 11.1. The van der Waals surface area contributed by atoms with Crippen LogP contribution in [0.4, 0.5) is 23.7 Å². The van der Waals surface area contributed by atoms with E-state index in [0.29, 0.717) is 19.4 Å². The van der Waals surface area contributed by atoms with Crippen molar-refractivity contribution in [2.45, 2.75) is 32.0 Å². The first-order valence-corrected chi connectivity index (χ1v) is 6.96. The SMILES string of the molecule is NCc1cc(NC(=O)CCCCNC(N)=O)cc(C(F)(F)F)c1. The molecular weight excluding hydrogens is 313 g/mol. The molecule has 0 heterocycles. The van der Waals surface area contributed by atoms with Gasteiger partial charge in [0.05, 0.1) is 5.56 Å². The Bertz CT molecular complexity index is 561. The first-order valence-electron chi connectivity index (χ1n) is 6.96. The minimum Gasteiger partial charge on any atom is -0.352 e. The van der Waals surface area contributed by atoms with Crippen LogP contribution in [-0.4, -0.2) is 18.5 Å². The monoisotopic (exact) mass is 332 g/mol. The summed E-state index contributed by atoms with van der Waals surface area (Å²) in [6.45, 7) is 0.273. The van der Waals surface area contributed by atoms with Gasteiger partial charge in [-0.15, -0.1) is 0 Å². The fraction of sp³-hybridized carbons (Fsp3) is 0.429. The number of unbranched alkanes of at least 4 members (excludes halogenated alkanes) is 1. The topological polar surface area (TPSA) is 110 Å². The number of anilines is 1. The van der Waals surface area contributed by atoms with E-state index in [1.165, 1.54) is 6.07 Å². The van der Waals surface area contributed by atoms with E-state index >= 15 is 0 Å². The molecule has 1 rings (SSSR count). The number of urea groups is 1. The first kappa shape index (κ1) is 18.8. The number of hydrogen-bond donors (Lipinski definition) is 4. The summed E-state index contributed by atoms with van der Waals surface area (Å²) in [5.41, 5.74) is 9.73. The van der Waals surface area contributed by atoms with Crippen LogP contribution in [0, 0.1) is 0 Å². The predicted molar refractivity (Wildman–Crippen MR) is 79.4 cm³/mol. The Morgan fingerprint density at radius 3 is 2.39 bits per heavy atom. The molecule has 0 unspecified atom stereocenters. The largest absolute Gasteiger partial charge is 0.416 e. The highest BCUT2D eigenvalue weighted by Crippen LogP contribution is 2.32. The Morgan fingerprint density at radius 1 is 1.13 bits per heavy atom. The number of nitrogens with two attached hydrogens (primary N) is 2. The molecule has 0 radical (unpaired) electrons. The highest BCUT2D eigenvalue weighted by molar-refractivity contribution is 5.90. The van der Waals surface area contributed by atoms with Gasteiger partial charge < -0.3 is 22.1 Å². The van der Waals surface area contributed by atoms with Gasteiger partial charge in [0.15, 0.2) is 0 Å². The van der Waals surface area contributed by atoms with Crippen molar-refractivity contribution in [2.75, 3.05) is 11.9 Å². The molecule has 6 nitrogen and oxygen atoms in total. The van der Waals surface area contributed by atoms with Crippen molar-refractivity contribution in [2.24, 2.45) is 11.5 Å². The molecule has 0 aliphatic heterocycles. The Morgan fingerprint density at radius 2 is 1.83 bits per heavy atom. The van der Waals surface area contributed by atoms with Crippen LogP contribution in [0.25, 0.3) is 0 Å². The summed E-state index contributed by atoms with van der Waals surface area (Å²) in [4.78, 5) is 22.2. The predicted octanol–water partition coefficient (Wildman–Crippen LogP) is 1.94. The maximum atomic E-state index is 12.8. The van der Waals surface area contributed by atoms with E-state index in [4.69, 9.17) is 11.5 Å². The number of nitrogens with one attached hydrogen (secondary N) is 2. The van der Waals surface area contributed by atoms with E-state index in [-0.39, 0.29) is 24.2 Å². The Balaban J connectivity index is 2.58. The number of alkyl halides is 3. The lowest BCUT2D eigenvalue weighted by atomic mass is 10.1. The van der Waals surface area contributed by atoms with Crippen LogP contribution in [0.15, 0.2) is 18.2 Å². The minimum atomic E-state index is -4.51. The van der Waals surface area contributed by atoms with Gasteiger partial charge in [-0.3, -0.25) is 4.79 Å². The number of primary amides is 1. The van der Waals surface area contributed by atoms with Crippen molar-refractivity contribution in [1.82, 2.24) is 5.32 Å². The second kappa shape index (κ2) is 8.37. The summed E-state index contributed by atoms with van der Waals surface area (Å²) in [5, 5.41) is 4.80. The number of halogens is 3. The molecule has 0 aliphatic carbocycles. The van der Waals surface area contributed by atoms with Gasteiger partial charge in [-0.05, 0) is 36.6 Å². The number of benzene rings is 1. The third kappa shape index (κ3) is 7.00. The molecule has 0 atom stereocenters. The molecule has 23 heavy (non-hydrogen) atoms. The van der Waals surface area contributed by atoms with Crippen molar-refractivity contribution >= 4 is 17.6 Å². The van der Waals surface area contributed by atoms with Gasteiger partial charge in [-0.1, -0.05) is 0 Å². The molecule has 9 heteroatoms. The Hall–Kier alpha value is -2.29. The lowest BCUT2D eigenvalue weighted by molar-refractivity contribution is -0.137. The second-order valence-corrected chi connectivity index (χ2v) is 4.92. The third-order valence-corrected chi connectivity index (χ3v) is 2.97. The van der Waals surface area contributed by atoms with Gasteiger partial charge in [0, 0.05) is 25.2 Å². The number of amides is 3. The van der Waals surface area contributed by atoms with Crippen molar-refractivity contribution in [3.05, 3.63) is 29.3 Å². The third-order valence-electron chi connectivity index (χ3n) is 2.97. The molecule has 128 valence electrons. The molecular formula is C14H19F3N4O2. The van der Waals surface area contributed by atoms with Gasteiger partial charge in [-0.25, -0.2) is 4.79 Å². The molecule has 0 saturated heterocycles. The smallest absolute Gasteiger partial charge is 0.352 e. The molecule has 0 aromatic heterocycles. The first-order chi connectivity index (χ1) is 10.7. The van der Waals surface area contributed by atoms with Crippen molar-refractivity contribution < 1.29 is 22.8 Å². The second-order valence-electron chi connectivity index (χ2n) is 4.92. The molecule has 1 aromatic rings. The standard InChI is InChI=1S/C14H19F3N4O2/c15-14(16,17)10-5-9(8-18)6-11(7-10)21-12(22)3-1-2-4-20-13(19)23/h5-7H,1-4,8,18H2,(H,21,22)(H3,19,20,23). The number of carbonyl (C=O) groups is 2. The van der Waals surface area contributed by atoms with Crippen LogP contribution in [0.5, 0.6) is 0 Å². The van der Waals surface area contributed by atoms with Gasteiger partial charge in [0.2, 0.25) is 5.91 Å². The minimum absolute atomic E-state index is 0.0561. The van der Waals surface area contributed by atoms with E-state index in [1.54, 1.807) is 0 Å². The molecule has 1 aromatic carbocycles. The van der Waals surface area contributed by atoms with Crippen LogP contribution in [0.2, 0.25) is 0 Å². The maximum absolute atomic E-state index is 12.8. The average Bonchev–Trinajstić information content (AvgIpc) is 2.45. The van der Waals surface area contributed by atoms with Crippen molar-refractivity contribution in [1.29, 1.82) is 0 Å². The van der Waals surface area contributed by atoms with Gasteiger partial charge in [-0.2, -0.15) is 13.2 Å². The zero-order chi connectivity index (χ0) is 17.5. The Labute approximate surface area is 131 Å². The number of hydrogen-bond acceptors (Lipinski definition) is 3. The van der Waals surface area contributed by atoms with E-state index in [9.17, 15) is 22.8 Å². The molecule has 0 spiro atoms. The quantitative estimate of drug-likeness (QED) is 0.573. The maximum Gasteiger partial charge on any atom is 0.416 e. The summed E-state index contributed by atoms with van der Waals surface area (Å²) < 4.78 is 38.3. The zero-order valence-corrected chi connectivity index (χ0v) is 12.4. The van der Waals surface area contributed by atoms with Crippen LogP contribution >= 0.6 is 0 Å². The molecule has 3 amide bonds. The fourth-order valence-electron chi connectivity index (χ4n) is 1.89. The summed E-state index contributed by atoms with van der Waals surface area (Å²) in [5.74, 6) is -0.411. The van der Waals surface area contributed by atoms with E-state index in [1.807, 2.05) is 0 Å².